The molecule has 0 aliphatic rings. The molecule has 2 aromatic rings. The van der Waals surface area contributed by atoms with Gasteiger partial charge in [0, 0.05) is 30.8 Å². The summed E-state index contributed by atoms with van der Waals surface area (Å²) in [7, 11) is 4.14. The molecule has 21 heavy (non-hydrogen) atoms. The Kier molecular flexibility index (Phi) is 5.66. The molecular weight excluding hydrogens is 280 g/mol. The van der Waals surface area contributed by atoms with Crippen molar-refractivity contribution >= 4 is 17.3 Å². The molecule has 0 saturated heterocycles. The molecule has 0 heterocycles. The van der Waals surface area contributed by atoms with Gasteiger partial charge in [0.2, 0.25) is 0 Å². The van der Waals surface area contributed by atoms with E-state index in [-0.39, 0.29) is 0 Å². The smallest absolute Gasteiger partial charge is 0.0408 e. The van der Waals surface area contributed by atoms with Crippen molar-refractivity contribution in [2.45, 2.75) is 19.4 Å². The molecule has 2 aromatic carbocycles. The molecule has 0 aliphatic heterocycles. The van der Waals surface area contributed by atoms with Gasteiger partial charge in [-0.25, -0.2) is 0 Å². The maximum absolute atomic E-state index is 6.09. The van der Waals surface area contributed by atoms with Crippen LogP contribution in [0, 0.1) is 0 Å². The molecule has 0 aromatic heterocycles. The normalized spacial score (nSPS) is 12.2. The van der Waals surface area contributed by atoms with E-state index in [0.717, 1.165) is 18.0 Å². The zero-order valence-electron chi connectivity index (χ0n) is 12.9. The summed E-state index contributed by atoms with van der Waals surface area (Å²) in [6.45, 7) is 3.08. The molecule has 0 radical (unpaired) electrons. The van der Waals surface area contributed by atoms with Crippen molar-refractivity contribution in [1.82, 2.24) is 5.32 Å². The van der Waals surface area contributed by atoms with E-state index in [9.17, 15) is 0 Å². The molecule has 0 aliphatic carbocycles. The number of nitrogens with zero attached hydrogens (tertiary/aromatic N) is 1. The molecule has 3 heteroatoms. The summed E-state index contributed by atoms with van der Waals surface area (Å²) in [5.74, 6) is 0. The predicted octanol–water partition coefficient (Wildman–Crippen LogP) is 4.30. The Morgan fingerprint density at radius 2 is 1.86 bits per heavy atom. The number of hydrogen-bond acceptors (Lipinski definition) is 2. The number of anilines is 1. The van der Waals surface area contributed by atoms with Crippen LogP contribution in [0.3, 0.4) is 0 Å². The highest BCUT2D eigenvalue weighted by molar-refractivity contribution is 6.30. The first-order chi connectivity index (χ1) is 10.1. The Balaban J connectivity index is 2.24. The molecule has 2 nitrogen and oxygen atoms in total. The van der Waals surface area contributed by atoms with E-state index in [1.807, 2.05) is 18.2 Å². The maximum Gasteiger partial charge on any atom is 0.0408 e. The topological polar surface area (TPSA) is 15.3 Å². The van der Waals surface area contributed by atoms with Crippen LogP contribution in [0.4, 0.5) is 5.69 Å². The molecule has 1 unspecified atom stereocenters. The summed E-state index contributed by atoms with van der Waals surface area (Å²) in [5.41, 5.74) is 3.79. The minimum Gasteiger partial charge on any atom is -0.378 e. The summed E-state index contributed by atoms with van der Waals surface area (Å²) in [6.07, 6.45) is 0.936. The van der Waals surface area contributed by atoms with Crippen molar-refractivity contribution in [2.75, 3.05) is 25.5 Å². The number of benzene rings is 2. The fourth-order valence-electron chi connectivity index (χ4n) is 2.47. The minimum atomic E-state index is 0.299. The van der Waals surface area contributed by atoms with E-state index >= 15 is 0 Å². The first-order valence-electron chi connectivity index (χ1n) is 7.35. The molecule has 0 spiro atoms. The Morgan fingerprint density at radius 3 is 2.52 bits per heavy atom. The standard InChI is InChI=1S/C18H23ClN2/c1-4-20-18(12-14-7-5-9-16(19)11-14)15-8-6-10-17(13-15)21(2)3/h5-11,13,18,20H,4,12H2,1-3H3. The highest BCUT2D eigenvalue weighted by Gasteiger charge is 2.12. The van der Waals surface area contributed by atoms with E-state index in [0.29, 0.717) is 6.04 Å². The van der Waals surface area contributed by atoms with Crippen LogP contribution in [-0.4, -0.2) is 20.6 Å². The van der Waals surface area contributed by atoms with Gasteiger partial charge in [0.25, 0.3) is 0 Å². The van der Waals surface area contributed by atoms with Gasteiger partial charge in [-0.05, 0) is 48.4 Å². The lowest BCUT2D eigenvalue weighted by molar-refractivity contribution is 0.550. The van der Waals surface area contributed by atoms with Crippen molar-refractivity contribution in [3.05, 3.63) is 64.7 Å². The van der Waals surface area contributed by atoms with Crippen LogP contribution in [0.25, 0.3) is 0 Å². The van der Waals surface area contributed by atoms with Crippen molar-refractivity contribution < 1.29 is 0 Å². The number of likely N-dealkylation sites (N-methyl/N-ethyl adjacent to an activating group) is 1. The van der Waals surface area contributed by atoms with E-state index in [1.54, 1.807) is 0 Å². The van der Waals surface area contributed by atoms with Gasteiger partial charge in [-0.1, -0.05) is 42.8 Å². The lowest BCUT2D eigenvalue weighted by Crippen LogP contribution is -2.23. The summed E-state index contributed by atoms with van der Waals surface area (Å²) in [5, 5.41) is 4.37. The molecule has 0 fully saturated rings. The van der Waals surface area contributed by atoms with Crippen molar-refractivity contribution in [1.29, 1.82) is 0 Å². The van der Waals surface area contributed by atoms with Gasteiger partial charge in [0.05, 0.1) is 0 Å². The number of rotatable bonds is 6. The van der Waals surface area contributed by atoms with Crippen LogP contribution in [0.5, 0.6) is 0 Å². The third-order valence-electron chi connectivity index (χ3n) is 3.57. The van der Waals surface area contributed by atoms with Gasteiger partial charge in [-0.3, -0.25) is 0 Å². The molecule has 0 amide bonds. The van der Waals surface area contributed by atoms with Gasteiger partial charge in [0.15, 0.2) is 0 Å². The van der Waals surface area contributed by atoms with Gasteiger partial charge >= 0.3 is 0 Å². The summed E-state index contributed by atoms with van der Waals surface area (Å²) in [6, 6.07) is 17.1. The summed E-state index contributed by atoms with van der Waals surface area (Å²) < 4.78 is 0. The average Bonchev–Trinajstić information content (AvgIpc) is 2.47. The van der Waals surface area contributed by atoms with Crippen molar-refractivity contribution in [3.8, 4) is 0 Å². The fourth-order valence-corrected chi connectivity index (χ4v) is 2.69. The largest absolute Gasteiger partial charge is 0.378 e. The third-order valence-corrected chi connectivity index (χ3v) is 3.80. The molecule has 112 valence electrons. The van der Waals surface area contributed by atoms with Crippen molar-refractivity contribution in [2.24, 2.45) is 0 Å². The highest BCUT2D eigenvalue weighted by Crippen LogP contribution is 2.23. The predicted molar refractivity (Wildman–Crippen MR) is 92.3 cm³/mol. The minimum absolute atomic E-state index is 0.299. The Bertz CT molecular complexity index is 581. The van der Waals surface area contributed by atoms with Crippen LogP contribution >= 0.6 is 11.6 Å². The fraction of sp³-hybridized carbons (Fsp3) is 0.333. The van der Waals surface area contributed by atoms with Crippen LogP contribution < -0.4 is 10.2 Å². The Labute approximate surface area is 132 Å². The number of hydrogen-bond donors (Lipinski definition) is 1. The zero-order chi connectivity index (χ0) is 15.2. The second-order valence-corrected chi connectivity index (χ2v) is 5.87. The zero-order valence-corrected chi connectivity index (χ0v) is 13.7. The van der Waals surface area contributed by atoms with E-state index in [2.05, 4.69) is 61.6 Å². The van der Waals surface area contributed by atoms with Crippen LogP contribution in [0.2, 0.25) is 5.02 Å². The number of halogens is 1. The third kappa shape index (κ3) is 4.48. The van der Waals surface area contributed by atoms with Gasteiger partial charge in [0.1, 0.15) is 0 Å². The molecular formula is C18H23ClN2. The summed E-state index contributed by atoms with van der Waals surface area (Å²) in [4.78, 5) is 2.13. The first-order valence-corrected chi connectivity index (χ1v) is 7.73. The SMILES string of the molecule is CCNC(Cc1cccc(Cl)c1)c1cccc(N(C)C)c1. The van der Waals surface area contributed by atoms with E-state index in [4.69, 9.17) is 11.6 Å². The maximum atomic E-state index is 6.09. The summed E-state index contributed by atoms with van der Waals surface area (Å²) >= 11 is 6.09. The second kappa shape index (κ2) is 7.48. The quantitative estimate of drug-likeness (QED) is 0.856. The van der Waals surface area contributed by atoms with Crippen LogP contribution in [0.15, 0.2) is 48.5 Å². The molecule has 1 N–H and O–H groups in total. The molecule has 2 rings (SSSR count). The molecule has 1 atom stereocenters. The van der Waals surface area contributed by atoms with E-state index < -0.39 is 0 Å². The highest BCUT2D eigenvalue weighted by atomic mass is 35.5. The van der Waals surface area contributed by atoms with Crippen LogP contribution in [-0.2, 0) is 6.42 Å². The molecule has 0 bridgehead atoms. The first kappa shape index (κ1) is 15.9. The van der Waals surface area contributed by atoms with Crippen LogP contribution in [0.1, 0.15) is 24.1 Å². The van der Waals surface area contributed by atoms with Gasteiger partial charge in [-0.2, -0.15) is 0 Å². The van der Waals surface area contributed by atoms with Gasteiger partial charge < -0.3 is 10.2 Å². The average molecular weight is 303 g/mol. The monoisotopic (exact) mass is 302 g/mol. The lowest BCUT2D eigenvalue weighted by Gasteiger charge is -2.21. The van der Waals surface area contributed by atoms with Gasteiger partial charge in [-0.15, -0.1) is 0 Å². The molecule has 0 saturated carbocycles. The second-order valence-electron chi connectivity index (χ2n) is 5.43. The lowest BCUT2D eigenvalue weighted by atomic mass is 9.98. The van der Waals surface area contributed by atoms with Crippen molar-refractivity contribution in [3.63, 3.8) is 0 Å². The Hall–Kier alpha value is -1.51. The Morgan fingerprint density at radius 1 is 1.10 bits per heavy atom. The van der Waals surface area contributed by atoms with E-state index in [1.165, 1.54) is 16.8 Å². The number of nitrogens with one attached hydrogen (secondary N) is 1.